The van der Waals surface area contributed by atoms with Gasteiger partial charge in [0.2, 0.25) is 0 Å². The average molecular weight is 229 g/mol. The van der Waals surface area contributed by atoms with Crippen molar-refractivity contribution in [3.05, 3.63) is 10.4 Å². The van der Waals surface area contributed by atoms with Crippen molar-refractivity contribution in [3.8, 4) is 0 Å². The minimum absolute atomic E-state index is 0.163. The lowest BCUT2D eigenvalue weighted by molar-refractivity contribution is 0.347. The van der Waals surface area contributed by atoms with Gasteiger partial charge in [0.15, 0.2) is 9.84 Å². The minimum atomic E-state index is -2.86. The van der Waals surface area contributed by atoms with E-state index in [9.17, 15) is 8.42 Å². The van der Waals surface area contributed by atoms with E-state index in [1.807, 2.05) is 0 Å². The van der Waals surface area contributed by atoms with Crippen LogP contribution < -0.4 is 0 Å². The minimum Gasteiger partial charge on any atom is -0.228 e. The van der Waals surface area contributed by atoms with E-state index in [1.165, 1.54) is 0 Å². The Morgan fingerprint density at radius 1 is 1.27 bits per heavy atom. The molecule has 15 heavy (non-hydrogen) atoms. The average Bonchev–Trinajstić information content (AvgIpc) is 2.14. The Balaban J connectivity index is 2.12. The Kier molecular flexibility index (Phi) is 2.89. The van der Waals surface area contributed by atoms with Crippen molar-refractivity contribution in [1.29, 1.82) is 0 Å². The van der Waals surface area contributed by atoms with Crippen LogP contribution in [0.25, 0.3) is 10.4 Å². The molecule has 2 saturated heterocycles. The summed E-state index contributed by atoms with van der Waals surface area (Å²) in [6, 6.07) is 0. The van der Waals surface area contributed by atoms with Gasteiger partial charge in [0.25, 0.3) is 0 Å². The third-order valence-corrected chi connectivity index (χ3v) is 6.29. The van der Waals surface area contributed by atoms with Gasteiger partial charge >= 0.3 is 0 Å². The molecule has 0 N–H and O–H groups in total. The van der Waals surface area contributed by atoms with E-state index in [-0.39, 0.29) is 16.4 Å². The number of rotatable bonds is 2. The van der Waals surface area contributed by atoms with E-state index < -0.39 is 9.84 Å². The first-order valence-corrected chi connectivity index (χ1v) is 6.99. The Hall–Kier alpha value is -0.740. The zero-order valence-corrected chi connectivity index (χ0v) is 9.36. The molecule has 84 valence electrons. The van der Waals surface area contributed by atoms with Gasteiger partial charge in [-0.2, -0.15) is 0 Å². The lowest BCUT2D eigenvalue weighted by Crippen LogP contribution is -2.44. The zero-order chi connectivity index (χ0) is 10.9. The van der Waals surface area contributed by atoms with Crippen LogP contribution in [-0.2, 0) is 9.84 Å². The molecule has 0 aromatic carbocycles. The number of azide groups is 1. The summed E-state index contributed by atoms with van der Waals surface area (Å²) in [5, 5.41) is 3.23. The third kappa shape index (κ3) is 1.96. The number of sulfone groups is 1. The number of nitrogens with zero attached hydrogens (tertiary/aromatic N) is 3. The molecule has 5 nitrogen and oxygen atoms in total. The van der Waals surface area contributed by atoms with Crippen LogP contribution in [0.1, 0.15) is 32.1 Å². The summed E-state index contributed by atoms with van der Waals surface area (Å²) in [6.45, 7) is 0.457. The lowest BCUT2D eigenvalue weighted by Gasteiger charge is -2.38. The fourth-order valence-electron chi connectivity index (χ4n) is 2.82. The number of hydrogen-bond acceptors (Lipinski definition) is 3. The van der Waals surface area contributed by atoms with Gasteiger partial charge in [-0.15, -0.1) is 0 Å². The molecule has 2 unspecified atom stereocenters. The maximum Gasteiger partial charge on any atom is 0.156 e. The standard InChI is InChI=1S/C9H15N3O2S/c10-12-11-6-7-4-8-2-1-3-9(5-7)15(8,13)14/h7-9H,1-6H2. The van der Waals surface area contributed by atoms with Gasteiger partial charge in [-0.05, 0) is 37.1 Å². The predicted molar refractivity (Wildman–Crippen MR) is 57.1 cm³/mol. The molecule has 2 heterocycles. The molecule has 0 aromatic rings. The van der Waals surface area contributed by atoms with Crippen LogP contribution in [0, 0.1) is 5.92 Å². The molecule has 0 amide bonds. The SMILES string of the molecule is [N-]=[N+]=NCC1CC2CCCC(C1)S2(=O)=O. The fourth-order valence-corrected chi connectivity index (χ4v) is 5.43. The molecule has 2 rings (SSSR count). The van der Waals surface area contributed by atoms with Gasteiger partial charge in [-0.25, -0.2) is 8.42 Å². The molecule has 0 radical (unpaired) electrons. The lowest BCUT2D eigenvalue weighted by atomic mass is 9.90. The van der Waals surface area contributed by atoms with Crippen LogP contribution in [0.3, 0.4) is 0 Å². The van der Waals surface area contributed by atoms with Crippen LogP contribution >= 0.6 is 0 Å². The predicted octanol–water partition coefficient (Wildman–Crippen LogP) is 2.04. The Labute approximate surface area is 89.4 Å². The Morgan fingerprint density at radius 2 is 1.87 bits per heavy atom. The van der Waals surface area contributed by atoms with Crippen LogP contribution in [0.2, 0.25) is 0 Å². The molecule has 0 saturated carbocycles. The first-order valence-electron chi connectivity index (χ1n) is 5.38. The van der Waals surface area contributed by atoms with Gasteiger partial charge in [-0.1, -0.05) is 11.5 Å². The van der Waals surface area contributed by atoms with Crippen molar-refractivity contribution in [3.63, 3.8) is 0 Å². The highest BCUT2D eigenvalue weighted by molar-refractivity contribution is 7.92. The first-order chi connectivity index (χ1) is 7.14. The largest absolute Gasteiger partial charge is 0.228 e. The fraction of sp³-hybridized carbons (Fsp3) is 1.00. The van der Waals surface area contributed by atoms with E-state index in [4.69, 9.17) is 5.53 Å². The summed E-state index contributed by atoms with van der Waals surface area (Å²) in [6.07, 6.45) is 4.01. The molecule has 2 atom stereocenters. The maximum atomic E-state index is 11.9. The van der Waals surface area contributed by atoms with Crippen molar-refractivity contribution in [2.45, 2.75) is 42.6 Å². The monoisotopic (exact) mass is 229 g/mol. The zero-order valence-electron chi connectivity index (χ0n) is 8.54. The molecular weight excluding hydrogens is 214 g/mol. The summed E-state index contributed by atoms with van der Waals surface area (Å²) in [5.74, 6) is 0.278. The van der Waals surface area contributed by atoms with Gasteiger partial charge in [0.05, 0.1) is 10.5 Å². The second-order valence-electron chi connectivity index (χ2n) is 4.51. The Morgan fingerprint density at radius 3 is 2.40 bits per heavy atom. The van der Waals surface area contributed by atoms with Crippen molar-refractivity contribution in [2.24, 2.45) is 11.0 Å². The molecular formula is C9H15N3O2S. The maximum absolute atomic E-state index is 11.9. The molecule has 0 spiro atoms. The van der Waals surface area contributed by atoms with Crippen molar-refractivity contribution >= 4 is 9.84 Å². The molecule has 2 fully saturated rings. The molecule has 6 heteroatoms. The summed E-state index contributed by atoms with van der Waals surface area (Å²) in [5.41, 5.74) is 8.24. The van der Waals surface area contributed by atoms with E-state index in [2.05, 4.69) is 10.0 Å². The molecule has 2 bridgehead atoms. The topological polar surface area (TPSA) is 82.9 Å². The Bertz CT molecular complexity index is 366. The highest BCUT2D eigenvalue weighted by Crippen LogP contribution is 2.39. The van der Waals surface area contributed by atoms with E-state index in [0.29, 0.717) is 19.4 Å². The smallest absolute Gasteiger partial charge is 0.156 e. The van der Waals surface area contributed by atoms with Gasteiger partial charge < -0.3 is 0 Å². The van der Waals surface area contributed by atoms with Crippen molar-refractivity contribution < 1.29 is 8.42 Å². The van der Waals surface area contributed by atoms with E-state index >= 15 is 0 Å². The highest BCUT2D eigenvalue weighted by atomic mass is 32.2. The second kappa shape index (κ2) is 4.02. The summed E-state index contributed by atoms with van der Waals surface area (Å²) in [7, 11) is -2.86. The first kappa shape index (κ1) is 10.8. The number of fused-ring (bicyclic) bond motifs is 2. The van der Waals surface area contributed by atoms with Crippen LogP contribution in [0.15, 0.2) is 5.11 Å². The highest BCUT2D eigenvalue weighted by Gasteiger charge is 2.43. The van der Waals surface area contributed by atoms with Crippen LogP contribution in [-0.4, -0.2) is 25.5 Å². The van der Waals surface area contributed by atoms with Gasteiger partial charge in [0, 0.05) is 11.5 Å². The molecule has 0 aliphatic carbocycles. The van der Waals surface area contributed by atoms with Crippen molar-refractivity contribution in [1.82, 2.24) is 0 Å². The summed E-state index contributed by atoms with van der Waals surface area (Å²) in [4.78, 5) is 2.74. The van der Waals surface area contributed by atoms with E-state index in [0.717, 1.165) is 19.3 Å². The quantitative estimate of drug-likeness (QED) is 0.412. The van der Waals surface area contributed by atoms with Gasteiger partial charge in [-0.3, -0.25) is 0 Å². The molecule has 2 aliphatic heterocycles. The summed E-state index contributed by atoms with van der Waals surface area (Å²) < 4.78 is 23.8. The molecule has 2 aliphatic rings. The normalized spacial score (nSPS) is 38.0. The second-order valence-corrected chi connectivity index (χ2v) is 7.03. The van der Waals surface area contributed by atoms with Crippen LogP contribution in [0.4, 0.5) is 0 Å². The molecule has 0 aromatic heterocycles. The van der Waals surface area contributed by atoms with Crippen molar-refractivity contribution in [2.75, 3.05) is 6.54 Å². The van der Waals surface area contributed by atoms with Crippen LogP contribution in [0.5, 0.6) is 0 Å². The third-order valence-electron chi connectivity index (χ3n) is 3.58. The number of hydrogen-bond donors (Lipinski definition) is 0. The van der Waals surface area contributed by atoms with Gasteiger partial charge in [0.1, 0.15) is 0 Å². The van der Waals surface area contributed by atoms with E-state index in [1.54, 1.807) is 0 Å². The summed E-state index contributed by atoms with van der Waals surface area (Å²) >= 11 is 0.